The second kappa shape index (κ2) is 32.2. The molecule has 9 amide bonds. The maximum Gasteiger partial charge on any atom is 0.329 e. The minimum absolute atomic E-state index is 0.0147. The lowest BCUT2D eigenvalue weighted by Gasteiger charge is -2.43. The maximum absolute atomic E-state index is 15.0. The van der Waals surface area contributed by atoms with Crippen LogP contribution in [0.4, 0.5) is 0 Å². The predicted octanol–water partition coefficient (Wildman–Crippen LogP) is -0.804. The van der Waals surface area contributed by atoms with E-state index in [2.05, 4.69) is 37.2 Å². The van der Waals surface area contributed by atoms with Gasteiger partial charge in [0, 0.05) is 13.5 Å². The van der Waals surface area contributed by atoms with Gasteiger partial charge in [0.25, 0.3) is 5.91 Å². The van der Waals surface area contributed by atoms with Crippen molar-refractivity contribution in [2.45, 2.75) is 179 Å². The zero-order valence-corrected chi connectivity index (χ0v) is 51.0. The van der Waals surface area contributed by atoms with Crippen molar-refractivity contribution >= 4 is 70.7 Å². The minimum Gasteiger partial charge on any atom is -0.508 e. The number of likely N-dealkylation sites (N-methyl/N-ethyl adjacent to an activating group) is 1. The molecule has 2 bridgehead atoms. The number of hydrogen-bond acceptors (Lipinski definition) is 18. The van der Waals surface area contributed by atoms with E-state index >= 15 is 0 Å². The fraction of sp³-hybridized carbons (Fsp3) is 0.533. The number of rotatable bonds is 21. The summed E-state index contributed by atoms with van der Waals surface area (Å²) in [6, 6.07) is 1.86. The normalized spacial score (nSPS) is 23.4. The first kappa shape index (κ1) is 70.7. The van der Waals surface area contributed by atoms with Gasteiger partial charge in [-0.1, -0.05) is 69.6 Å². The molecule has 14 N–H and O–H groups in total. The number of esters is 1. The van der Waals surface area contributed by atoms with Gasteiger partial charge < -0.3 is 87.5 Å². The number of fused-ring (bicyclic) bond motifs is 2. The number of nitrogens with zero attached hydrogens (tertiary/aromatic N) is 2. The first-order valence-electron chi connectivity index (χ1n) is 29.0. The minimum atomic E-state index is -1.92. The smallest absolute Gasteiger partial charge is 0.329 e. The topological polar surface area (TPSA) is 412 Å². The highest BCUT2D eigenvalue weighted by atomic mass is 35.5. The van der Waals surface area contributed by atoms with Crippen LogP contribution in [0.1, 0.15) is 97.3 Å². The fourth-order valence-electron chi connectivity index (χ4n) is 10.1. The van der Waals surface area contributed by atoms with Crippen molar-refractivity contribution < 1.29 is 88.4 Å². The van der Waals surface area contributed by atoms with Crippen LogP contribution in [0.25, 0.3) is 0 Å². The molecule has 88 heavy (non-hydrogen) atoms. The highest BCUT2D eigenvalue weighted by Gasteiger charge is 2.47. The van der Waals surface area contributed by atoms with Crippen molar-refractivity contribution in [2.24, 2.45) is 11.8 Å². The van der Waals surface area contributed by atoms with E-state index in [0.29, 0.717) is 28.9 Å². The van der Waals surface area contributed by atoms with Gasteiger partial charge in [0.05, 0.1) is 17.7 Å². The number of carbonyl (C=O) groups excluding carboxylic acids is 10. The molecule has 0 spiro atoms. The van der Waals surface area contributed by atoms with Crippen LogP contribution in [-0.4, -0.2) is 197 Å². The molecule has 13 atom stereocenters. The SMILES string of the molecule is CC(C)[C@H](NC(=O)[C@H](C)NC(=O)[C@H](CCCc1ccc(O)cc1)NC(=O)[C@H](O)CO)C(=O)NC1C(=O)NC(CCc2ccc(O)cc2)C(=O)N[C@H]2CC[C@@H](O)N(C2=O)[C@H]([C@@H](C)O)C(=O)N(C)[C@@H](Cc2ccc(O)c(Cl)c2)C(=O)N[C@@H](C(C)C)C(=O)O[C@H]1C. The summed E-state index contributed by atoms with van der Waals surface area (Å²) in [5.41, 5.74) is 1.67. The van der Waals surface area contributed by atoms with Crippen molar-refractivity contribution in [3.8, 4) is 17.2 Å². The second-order valence-corrected chi connectivity index (χ2v) is 23.3. The van der Waals surface area contributed by atoms with Crippen LogP contribution >= 0.6 is 11.6 Å². The van der Waals surface area contributed by atoms with Crippen molar-refractivity contribution in [1.29, 1.82) is 0 Å². The highest BCUT2D eigenvalue weighted by molar-refractivity contribution is 6.32. The zero-order valence-electron chi connectivity index (χ0n) is 50.3. The molecule has 27 nitrogen and oxygen atoms in total. The molecule has 0 saturated carbocycles. The van der Waals surface area contributed by atoms with E-state index in [1.807, 2.05) is 0 Å². The first-order chi connectivity index (χ1) is 41.4. The lowest BCUT2D eigenvalue weighted by atomic mass is 9.96. The molecule has 2 saturated heterocycles. The van der Waals surface area contributed by atoms with Crippen LogP contribution in [0.5, 0.6) is 17.2 Å². The van der Waals surface area contributed by atoms with E-state index in [-0.39, 0.29) is 60.8 Å². The Morgan fingerprint density at radius 3 is 1.89 bits per heavy atom. The summed E-state index contributed by atoms with van der Waals surface area (Å²) in [5.74, 6) is -12.1. The van der Waals surface area contributed by atoms with E-state index in [9.17, 15) is 83.7 Å². The quantitative estimate of drug-likeness (QED) is 0.0580. The molecular weight excluding hydrogens is 1170 g/mol. The Balaban J connectivity index is 1.52. The number of halogens is 1. The number of phenols is 3. The highest BCUT2D eigenvalue weighted by Crippen LogP contribution is 2.28. The number of piperidine rings is 1. The third-order valence-corrected chi connectivity index (χ3v) is 15.6. The third kappa shape index (κ3) is 19.2. The summed E-state index contributed by atoms with van der Waals surface area (Å²) in [6.45, 7) is 8.90. The standard InChI is InChI=1S/C60H82ClN9O18/c1-29(2)47(66-51(78)31(5)62-52(79)40(63-55(82)45(76)28-71)11-9-10-34-12-18-37(73)19-13-34)56(83)68-49-33(7)88-60(87)48(30(3)4)67-54(81)43(27-36-17-24-44(75)39(61)26-36)69(8)59(86)50(32(6)72)70-46(77)25-23-42(58(70)85)65-53(80)41(64-57(49)84)22-16-35-14-20-38(74)21-15-35/h12-15,17-21,24,26,29-33,40-43,45-50,71-77H,9-11,16,22-23,25,27-28H2,1-8H3,(H,62,79)(H,63,82)(H,64,84)(H,65,80)(H,66,78)(H,67,81)(H,68,83)/t31-,32+,33-,40-,41?,42-,43-,45+,46+,47-,48-,49?,50+/m0/s1. The number of ether oxygens (including phenoxy) is 1. The van der Waals surface area contributed by atoms with Crippen LogP contribution in [0.2, 0.25) is 5.02 Å². The lowest BCUT2D eigenvalue weighted by Crippen LogP contribution is -2.67. The van der Waals surface area contributed by atoms with Gasteiger partial charge >= 0.3 is 5.97 Å². The van der Waals surface area contributed by atoms with Crippen LogP contribution < -0.4 is 37.2 Å². The second-order valence-electron chi connectivity index (χ2n) is 22.9. The molecule has 3 aromatic carbocycles. The van der Waals surface area contributed by atoms with Gasteiger partial charge in [-0.15, -0.1) is 0 Å². The summed E-state index contributed by atoms with van der Waals surface area (Å²) in [4.78, 5) is 145. The third-order valence-electron chi connectivity index (χ3n) is 15.3. The molecule has 482 valence electrons. The number of aliphatic hydroxyl groups is 4. The number of benzene rings is 3. The van der Waals surface area contributed by atoms with E-state index < -0.39 is 156 Å². The van der Waals surface area contributed by atoms with Gasteiger partial charge in [0.15, 0.2) is 6.10 Å². The van der Waals surface area contributed by atoms with Crippen molar-refractivity contribution in [3.63, 3.8) is 0 Å². The number of aryl methyl sites for hydroxylation is 2. The number of amides is 9. The van der Waals surface area contributed by atoms with E-state index in [1.54, 1.807) is 52.0 Å². The van der Waals surface area contributed by atoms with Crippen LogP contribution in [0.15, 0.2) is 66.7 Å². The number of hydrogen-bond donors (Lipinski definition) is 14. The Morgan fingerprint density at radius 1 is 0.716 bits per heavy atom. The molecule has 2 unspecified atom stereocenters. The van der Waals surface area contributed by atoms with Crippen LogP contribution in [0, 0.1) is 11.8 Å². The first-order valence-corrected chi connectivity index (χ1v) is 29.4. The largest absolute Gasteiger partial charge is 0.508 e. The average molecular weight is 1250 g/mol. The molecule has 0 aromatic heterocycles. The molecule has 28 heteroatoms. The average Bonchev–Trinajstić information content (AvgIpc) is 1.83. The Morgan fingerprint density at radius 2 is 1.32 bits per heavy atom. The van der Waals surface area contributed by atoms with Gasteiger partial charge in [-0.2, -0.15) is 0 Å². The van der Waals surface area contributed by atoms with Crippen LogP contribution in [0.3, 0.4) is 0 Å². The molecule has 2 aliphatic rings. The van der Waals surface area contributed by atoms with E-state index in [4.69, 9.17) is 16.3 Å². The number of nitrogens with one attached hydrogen (secondary N) is 7. The Hall–Kier alpha value is -8.11. The molecule has 0 radical (unpaired) electrons. The van der Waals surface area contributed by atoms with Crippen molar-refractivity contribution in [2.75, 3.05) is 13.7 Å². The Bertz CT molecular complexity index is 2970. The molecule has 2 aliphatic heterocycles. The number of phenolic OH excluding ortho intramolecular Hbond substituents is 3. The Kier molecular flexibility index (Phi) is 25.9. The van der Waals surface area contributed by atoms with Gasteiger partial charge in [-0.25, -0.2) is 4.79 Å². The van der Waals surface area contributed by atoms with Gasteiger partial charge in [-0.3, -0.25) is 43.2 Å². The summed E-state index contributed by atoms with van der Waals surface area (Å²) < 4.78 is 5.92. The summed E-state index contributed by atoms with van der Waals surface area (Å²) in [6.07, 6.45) is -7.25. The Labute approximate surface area is 514 Å². The summed E-state index contributed by atoms with van der Waals surface area (Å²) in [7, 11) is 1.19. The maximum atomic E-state index is 15.0. The van der Waals surface area contributed by atoms with Crippen molar-refractivity contribution in [3.05, 3.63) is 88.4 Å². The molecule has 3 aromatic rings. The number of carbonyl (C=O) groups is 10. The van der Waals surface area contributed by atoms with Gasteiger partial charge in [0.2, 0.25) is 47.3 Å². The van der Waals surface area contributed by atoms with Crippen molar-refractivity contribution in [1.82, 2.24) is 47.0 Å². The van der Waals surface area contributed by atoms with Gasteiger partial charge in [-0.05, 0) is 131 Å². The molecule has 5 rings (SSSR count). The number of cyclic esters (lactones) is 1. The predicted molar refractivity (Wildman–Crippen MR) is 316 cm³/mol. The monoisotopic (exact) mass is 1250 g/mol. The molecule has 0 aliphatic carbocycles. The lowest BCUT2D eigenvalue weighted by molar-refractivity contribution is -0.170. The summed E-state index contributed by atoms with van der Waals surface area (Å²) >= 11 is 6.25. The fourth-order valence-corrected chi connectivity index (χ4v) is 10.3. The summed E-state index contributed by atoms with van der Waals surface area (Å²) in [5, 5.41) is 89.7. The molecular formula is C60H82ClN9O18. The molecule has 2 fully saturated rings. The zero-order chi connectivity index (χ0) is 65.4. The molecule has 2 heterocycles. The number of aliphatic hydroxyl groups excluding tert-OH is 4. The van der Waals surface area contributed by atoms with Crippen LogP contribution in [-0.2, 0) is 71.9 Å². The number of aromatic hydroxyl groups is 3. The van der Waals surface area contributed by atoms with E-state index in [0.717, 1.165) is 10.5 Å². The van der Waals surface area contributed by atoms with Gasteiger partial charge in [0.1, 0.15) is 84.0 Å². The van der Waals surface area contributed by atoms with E-state index in [1.165, 1.54) is 70.3 Å².